The normalized spacial score (nSPS) is 24.2. The maximum Gasteiger partial charge on any atom is 0.163 e. The summed E-state index contributed by atoms with van der Waals surface area (Å²) in [6.07, 6.45) is 1.01. The second kappa shape index (κ2) is 5.55. The first-order valence-corrected chi connectivity index (χ1v) is 6.81. The minimum absolute atomic E-state index is 0.00540. The number of nitrogens with zero attached hydrogens (tertiary/aromatic N) is 1. The minimum atomic E-state index is -0.766. The predicted molar refractivity (Wildman–Crippen MR) is 72.9 cm³/mol. The molecule has 0 aromatic heterocycles. The third-order valence-corrected chi connectivity index (χ3v) is 3.79. The largest absolute Gasteiger partial charge is 0.310 e. The molecular formula is C15H22F2N2. The molecule has 1 saturated heterocycles. The SMILES string of the molecule is CC1CCNC(C)(C)CN1Cc1cccc(F)c1F. The first-order valence-electron chi connectivity index (χ1n) is 6.81. The van der Waals surface area contributed by atoms with Crippen LogP contribution in [0.2, 0.25) is 0 Å². The smallest absolute Gasteiger partial charge is 0.163 e. The highest BCUT2D eigenvalue weighted by Crippen LogP contribution is 2.20. The lowest BCUT2D eigenvalue weighted by atomic mass is 10.0. The topological polar surface area (TPSA) is 15.3 Å². The van der Waals surface area contributed by atoms with Crippen molar-refractivity contribution in [3.63, 3.8) is 0 Å². The highest BCUT2D eigenvalue weighted by Gasteiger charge is 2.28. The summed E-state index contributed by atoms with van der Waals surface area (Å²) in [7, 11) is 0. The lowest BCUT2D eigenvalue weighted by Crippen LogP contribution is -2.47. The van der Waals surface area contributed by atoms with Crippen LogP contribution in [0.15, 0.2) is 18.2 Å². The monoisotopic (exact) mass is 268 g/mol. The molecule has 0 radical (unpaired) electrons. The van der Waals surface area contributed by atoms with Crippen LogP contribution < -0.4 is 5.32 Å². The van der Waals surface area contributed by atoms with Crippen molar-refractivity contribution >= 4 is 0 Å². The van der Waals surface area contributed by atoms with Gasteiger partial charge in [0.15, 0.2) is 11.6 Å². The van der Waals surface area contributed by atoms with E-state index in [2.05, 4.69) is 31.0 Å². The molecule has 0 spiro atoms. The number of rotatable bonds is 2. The fourth-order valence-electron chi connectivity index (χ4n) is 2.62. The second-order valence-electron chi connectivity index (χ2n) is 6.07. The highest BCUT2D eigenvalue weighted by atomic mass is 19.2. The number of benzene rings is 1. The molecule has 0 aliphatic carbocycles. The zero-order chi connectivity index (χ0) is 14.0. The van der Waals surface area contributed by atoms with Gasteiger partial charge < -0.3 is 5.32 Å². The van der Waals surface area contributed by atoms with Crippen molar-refractivity contribution in [1.82, 2.24) is 10.2 Å². The van der Waals surface area contributed by atoms with Crippen LogP contribution in [-0.2, 0) is 6.54 Å². The number of nitrogens with one attached hydrogen (secondary N) is 1. The molecule has 1 aromatic carbocycles. The highest BCUT2D eigenvalue weighted by molar-refractivity contribution is 5.19. The third kappa shape index (κ3) is 3.51. The summed E-state index contributed by atoms with van der Waals surface area (Å²) in [4.78, 5) is 2.22. The summed E-state index contributed by atoms with van der Waals surface area (Å²) in [5, 5.41) is 3.48. The van der Waals surface area contributed by atoms with Gasteiger partial charge in [0, 0.05) is 30.2 Å². The molecule has 2 rings (SSSR count). The summed E-state index contributed by atoms with van der Waals surface area (Å²) < 4.78 is 27.0. The van der Waals surface area contributed by atoms with E-state index in [0.29, 0.717) is 18.2 Å². The summed E-state index contributed by atoms with van der Waals surface area (Å²) in [6.45, 7) is 8.65. The van der Waals surface area contributed by atoms with Gasteiger partial charge in [0.2, 0.25) is 0 Å². The first kappa shape index (κ1) is 14.4. The lowest BCUT2D eigenvalue weighted by Gasteiger charge is -2.33. The van der Waals surface area contributed by atoms with Crippen molar-refractivity contribution in [3.8, 4) is 0 Å². The van der Waals surface area contributed by atoms with Crippen LogP contribution in [0.5, 0.6) is 0 Å². The van der Waals surface area contributed by atoms with E-state index >= 15 is 0 Å². The molecule has 1 atom stereocenters. The van der Waals surface area contributed by atoms with E-state index in [0.717, 1.165) is 25.6 Å². The first-order chi connectivity index (χ1) is 8.89. The van der Waals surface area contributed by atoms with Crippen LogP contribution in [-0.4, -0.2) is 29.6 Å². The van der Waals surface area contributed by atoms with Crippen LogP contribution in [0.4, 0.5) is 8.78 Å². The average molecular weight is 268 g/mol. The molecule has 0 bridgehead atoms. The van der Waals surface area contributed by atoms with Gasteiger partial charge in [-0.15, -0.1) is 0 Å². The standard InChI is InChI=1S/C15H22F2N2/c1-11-7-8-18-15(2,3)10-19(11)9-12-5-4-6-13(16)14(12)17/h4-6,11,18H,7-10H2,1-3H3. The molecule has 1 aromatic rings. The van der Waals surface area contributed by atoms with Crippen molar-refractivity contribution in [3.05, 3.63) is 35.4 Å². The molecule has 2 nitrogen and oxygen atoms in total. The van der Waals surface area contributed by atoms with Gasteiger partial charge in [-0.25, -0.2) is 8.78 Å². The Bertz CT molecular complexity index is 446. The van der Waals surface area contributed by atoms with Gasteiger partial charge in [-0.3, -0.25) is 4.90 Å². The van der Waals surface area contributed by atoms with E-state index in [9.17, 15) is 8.78 Å². The molecule has 106 valence electrons. The third-order valence-electron chi connectivity index (χ3n) is 3.79. The van der Waals surface area contributed by atoms with Gasteiger partial charge in [0.1, 0.15) is 0 Å². The lowest BCUT2D eigenvalue weighted by molar-refractivity contribution is 0.170. The molecule has 1 aliphatic rings. The fraction of sp³-hybridized carbons (Fsp3) is 0.600. The molecule has 19 heavy (non-hydrogen) atoms. The van der Waals surface area contributed by atoms with Crippen molar-refractivity contribution in [2.75, 3.05) is 13.1 Å². The maximum absolute atomic E-state index is 13.8. The van der Waals surface area contributed by atoms with Gasteiger partial charge in [0.05, 0.1) is 0 Å². The number of hydrogen-bond donors (Lipinski definition) is 1. The predicted octanol–water partition coefficient (Wildman–Crippen LogP) is 2.93. The molecule has 1 unspecified atom stereocenters. The zero-order valence-corrected chi connectivity index (χ0v) is 11.8. The summed E-state index contributed by atoms with van der Waals surface area (Å²) in [5.74, 6) is -1.48. The van der Waals surface area contributed by atoms with Gasteiger partial charge >= 0.3 is 0 Å². The molecule has 1 N–H and O–H groups in total. The maximum atomic E-state index is 13.8. The Kier molecular flexibility index (Phi) is 4.21. The summed E-state index contributed by atoms with van der Waals surface area (Å²) in [5.41, 5.74) is 0.429. The van der Waals surface area contributed by atoms with E-state index in [1.807, 2.05) is 0 Å². The summed E-state index contributed by atoms with van der Waals surface area (Å²) >= 11 is 0. The molecule has 0 amide bonds. The Morgan fingerprint density at radius 1 is 1.37 bits per heavy atom. The van der Waals surface area contributed by atoms with Crippen LogP contribution >= 0.6 is 0 Å². The second-order valence-corrected chi connectivity index (χ2v) is 6.07. The molecule has 1 aliphatic heterocycles. The Labute approximate surface area is 113 Å². The van der Waals surface area contributed by atoms with Crippen LogP contribution in [0.3, 0.4) is 0 Å². The Balaban J connectivity index is 2.18. The molecular weight excluding hydrogens is 246 g/mol. The van der Waals surface area contributed by atoms with Crippen molar-refractivity contribution < 1.29 is 8.78 Å². The van der Waals surface area contributed by atoms with E-state index in [1.54, 1.807) is 12.1 Å². The van der Waals surface area contributed by atoms with Gasteiger partial charge in [-0.2, -0.15) is 0 Å². The van der Waals surface area contributed by atoms with E-state index in [-0.39, 0.29) is 5.54 Å². The zero-order valence-electron chi connectivity index (χ0n) is 11.8. The molecule has 1 heterocycles. The van der Waals surface area contributed by atoms with Gasteiger partial charge in [0.25, 0.3) is 0 Å². The van der Waals surface area contributed by atoms with E-state index < -0.39 is 11.6 Å². The van der Waals surface area contributed by atoms with E-state index in [1.165, 1.54) is 0 Å². The van der Waals surface area contributed by atoms with Crippen molar-refractivity contribution in [2.24, 2.45) is 0 Å². The van der Waals surface area contributed by atoms with E-state index in [4.69, 9.17) is 0 Å². The Hall–Kier alpha value is -1.00. The summed E-state index contributed by atoms with van der Waals surface area (Å²) in [6, 6.07) is 4.75. The molecule has 0 saturated carbocycles. The quantitative estimate of drug-likeness (QED) is 0.887. The molecule has 1 fully saturated rings. The van der Waals surface area contributed by atoms with Crippen molar-refractivity contribution in [2.45, 2.75) is 45.3 Å². The minimum Gasteiger partial charge on any atom is -0.310 e. The van der Waals surface area contributed by atoms with Gasteiger partial charge in [-0.05, 0) is 39.8 Å². The molecule has 4 heteroatoms. The number of hydrogen-bond acceptors (Lipinski definition) is 2. The number of halogens is 2. The van der Waals surface area contributed by atoms with Gasteiger partial charge in [-0.1, -0.05) is 12.1 Å². The Morgan fingerprint density at radius 2 is 2.11 bits per heavy atom. The van der Waals surface area contributed by atoms with Crippen LogP contribution in [0.25, 0.3) is 0 Å². The Morgan fingerprint density at radius 3 is 2.84 bits per heavy atom. The van der Waals surface area contributed by atoms with Crippen molar-refractivity contribution in [1.29, 1.82) is 0 Å². The van der Waals surface area contributed by atoms with Crippen LogP contribution in [0, 0.1) is 11.6 Å². The fourth-order valence-corrected chi connectivity index (χ4v) is 2.62. The average Bonchev–Trinajstić information content (AvgIpc) is 2.45. The van der Waals surface area contributed by atoms with Crippen LogP contribution in [0.1, 0.15) is 32.8 Å².